The lowest BCUT2D eigenvalue weighted by molar-refractivity contribution is -0.117. The molecule has 1 N–H and O–H groups in total. The number of nitrogens with zero attached hydrogens (tertiary/aromatic N) is 2. The molecule has 0 unspecified atom stereocenters. The minimum absolute atomic E-state index is 0.0689. The molecule has 0 saturated carbocycles. The summed E-state index contributed by atoms with van der Waals surface area (Å²) in [6.07, 6.45) is 0.919. The van der Waals surface area contributed by atoms with E-state index < -0.39 is 0 Å². The van der Waals surface area contributed by atoms with Gasteiger partial charge in [0.1, 0.15) is 0 Å². The Bertz CT molecular complexity index is 710. The third-order valence-corrected chi connectivity index (χ3v) is 5.73. The minimum Gasteiger partial charge on any atom is -0.325 e. The molecule has 134 valence electrons. The third-order valence-electron chi connectivity index (χ3n) is 4.51. The number of thiophene rings is 1. The second-order valence-corrected chi connectivity index (χ2v) is 8.12. The highest BCUT2D eigenvalue weighted by Crippen LogP contribution is 2.23. The van der Waals surface area contributed by atoms with E-state index in [1.807, 2.05) is 24.3 Å². The summed E-state index contributed by atoms with van der Waals surface area (Å²) in [5.74, 6) is 0.0689. The summed E-state index contributed by atoms with van der Waals surface area (Å²) in [5.41, 5.74) is 2.11. The van der Waals surface area contributed by atoms with Crippen LogP contribution in [-0.4, -0.2) is 48.4 Å². The Morgan fingerprint density at radius 2 is 1.84 bits per heavy atom. The fraction of sp³-hybridized carbons (Fsp3) is 0.421. The second kappa shape index (κ2) is 8.81. The minimum atomic E-state index is 0.0689. The summed E-state index contributed by atoms with van der Waals surface area (Å²) in [6.45, 7) is 7.30. The zero-order chi connectivity index (χ0) is 17.6. The van der Waals surface area contributed by atoms with Crippen molar-refractivity contribution < 1.29 is 4.79 Å². The average Bonchev–Trinajstić information content (AvgIpc) is 3.02. The maximum atomic E-state index is 12.3. The molecule has 2 aromatic rings. The molecule has 4 nitrogen and oxygen atoms in total. The molecular formula is C19H24ClN3OS. The molecule has 0 spiro atoms. The number of para-hydroxylation sites is 1. The molecule has 0 bridgehead atoms. The van der Waals surface area contributed by atoms with Crippen molar-refractivity contribution in [3.8, 4) is 0 Å². The highest BCUT2D eigenvalue weighted by molar-refractivity contribution is 7.16. The van der Waals surface area contributed by atoms with Crippen molar-refractivity contribution in [3.63, 3.8) is 0 Å². The van der Waals surface area contributed by atoms with Crippen molar-refractivity contribution in [2.45, 2.75) is 19.9 Å². The molecule has 1 aliphatic heterocycles. The molecule has 0 aliphatic carbocycles. The van der Waals surface area contributed by atoms with E-state index in [9.17, 15) is 4.79 Å². The Labute approximate surface area is 158 Å². The Morgan fingerprint density at radius 1 is 1.12 bits per heavy atom. The number of hydrogen-bond donors (Lipinski definition) is 1. The quantitative estimate of drug-likeness (QED) is 0.833. The molecule has 0 radical (unpaired) electrons. The second-order valence-electron chi connectivity index (χ2n) is 6.32. The largest absolute Gasteiger partial charge is 0.325 e. The lowest BCUT2D eigenvalue weighted by Gasteiger charge is -2.34. The number of piperazine rings is 1. The van der Waals surface area contributed by atoms with Gasteiger partial charge in [0.2, 0.25) is 5.91 Å². The first-order valence-electron chi connectivity index (χ1n) is 8.70. The van der Waals surface area contributed by atoms with Gasteiger partial charge < -0.3 is 5.32 Å². The van der Waals surface area contributed by atoms with E-state index >= 15 is 0 Å². The Morgan fingerprint density at radius 3 is 2.52 bits per heavy atom. The lowest BCUT2D eigenvalue weighted by Crippen LogP contribution is -2.48. The molecular weight excluding hydrogens is 354 g/mol. The van der Waals surface area contributed by atoms with Crippen molar-refractivity contribution in [2.24, 2.45) is 0 Å². The summed E-state index contributed by atoms with van der Waals surface area (Å²) < 4.78 is 0.845. The van der Waals surface area contributed by atoms with E-state index in [1.165, 1.54) is 10.4 Å². The molecule has 1 amide bonds. The molecule has 1 fully saturated rings. The molecule has 1 aromatic heterocycles. The summed E-state index contributed by atoms with van der Waals surface area (Å²) in [5, 5.41) is 3.06. The van der Waals surface area contributed by atoms with Crippen LogP contribution in [0.1, 0.15) is 17.4 Å². The van der Waals surface area contributed by atoms with Crippen LogP contribution in [0.3, 0.4) is 0 Å². The first-order valence-corrected chi connectivity index (χ1v) is 9.90. The van der Waals surface area contributed by atoms with Gasteiger partial charge >= 0.3 is 0 Å². The molecule has 0 atom stereocenters. The van der Waals surface area contributed by atoms with Gasteiger partial charge in [-0.05, 0) is 30.2 Å². The van der Waals surface area contributed by atoms with Crippen molar-refractivity contribution in [1.82, 2.24) is 9.80 Å². The molecule has 1 aliphatic rings. The number of aryl methyl sites for hydroxylation is 1. The number of carbonyl (C=O) groups excluding carboxylic acids is 1. The summed E-state index contributed by atoms with van der Waals surface area (Å²) in [4.78, 5) is 18.3. The van der Waals surface area contributed by atoms with E-state index in [1.54, 1.807) is 11.3 Å². The maximum absolute atomic E-state index is 12.3. The van der Waals surface area contributed by atoms with Gasteiger partial charge in [0.05, 0.1) is 10.9 Å². The van der Waals surface area contributed by atoms with Crippen LogP contribution in [0.5, 0.6) is 0 Å². The van der Waals surface area contributed by atoms with Crippen LogP contribution in [0.25, 0.3) is 0 Å². The fourth-order valence-corrected chi connectivity index (χ4v) is 4.24. The first kappa shape index (κ1) is 18.4. The van der Waals surface area contributed by atoms with Gasteiger partial charge in [0.25, 0.3) is 0 Å². The molecule has 2 heterocycles. The summed E-state index contributed by atoms with van der Waals surface area (Å²) in [7, 11) is 0. The predicted octanol–water partition coefficient (Wildman–Crippen LogP) is 3.72. The smallest absolute Gasteiger partial charge is 0.238 e. The third kappa shape index (κ3) is 5.28. The number of anilines is 1. The van der Waals surface area contributed by atoms with E-state index in [4.69, 9.17) is 11.6 Å². The average molecular weight is 378 g/mol. The van der Waals surface area contributed by atoms with Gasteiger partial charge in [-0.15, -0.1) is 11.3 Å². The summed E-state index contributed by atoms with van der Waals surface area (Å²) >= 11 is 7.64. The topological polar surface area (TPSA) is 35.6 Å². The number of carbonyl (C=O) groups is 1. The van der Waals surface area contributed by atoms with Crippen molar-refractivity contribution in [2.75, 3.05) is 38.0 Å². The van der Waals surface area contributed by atoms with E-state index in [0.717, 1.165) is 49.2 Å². The number of amides is 1. The first-order chi connectivity index (χ1) is 12.1. The Kier molecular flexibility index (Phi) is 6.48. The normalized spacial score (nSPS) is 16.1. The monoisotopic (exact) mass is 377 g/mol. The van der Waals surface area contributed by atoms with Crippen LogP contribution in [0.4, 0.5) is 5.69 Å². The van der Waals surface area contributed by atoms with Gasteiger partial charge in [0.15, 0.2) is 0 Å². The molecule has 1 aromatic carbocycles. The maximum Gasteiger partial charge on any atom is 0.238 e. The Hall–Kier alpha value is -1.40. The van der Waals surface area contributed by atoms with E-state index in [-0.39, 0.29) is 5.91 Å². The van der Waals surface area contributed by atoms with Crippen LogP contribution in [0.15, 0.2) is 36.4 Å². The Balaban J connectivity index is 1.44. The molecule has 1 saturated heterocycles. The van der Waals surface area contributed by atoms with Crippen molar-refractivity contribution >= 4 is 34.5 Å². The van der Waals surface area contributed by atoms with Crippen LogP contribution < -0.4 is 5.32 Å². The number of benzene rings is 1. The highest BCUT2D eigenvalue weighted by atomic mass is 35.5. The van der Waals surface area contributed by atoms with Crippen LogP contribution in [0.2, 0.25) is 4.34 Å². The molecule has 3 rings (SSSR count). The molecule has 25 heavy (non-hydrogen) atoms. The van der Waals surface area contributed by atoms with Gasteiger partial charge in [-0.25, -0.2) is 0 Å². The van der Waals surface area contributed by atoms with Crippen LogP contribution in [0, 0.1) is 0 Å². The SMILES string of the molecule is CCc1ccccc1NC(=O)CN1CCN(Cc2ccc(Cl)s2)CC1. The number of rotatable bonds is 6. The zero-order valence-corrected chi connectivity index (χ0v) is 16.1. The van der Waals surface area contributed by atoms with Crippen LogP contribution >= 0.6 is 22.9 Å². The number of nitrogens with one attached hydrogen (secondary N) is 1. The molecule has 6 heteroatoms. The van der Waals surface area contributed by atoms with E-state index in [0.29, 0.717) is 6.54 Å². The number of hydrogen-bond acceptors (Lipinski definition) is 4. The van der Waals surface area contributed by atoms with Crippen molar-refractivity contribution in [1.29, 1.82) is 0 Å². The zero-order valence-electron chi connectivity index (χ0n) is 14.5. The summed E-state index contributed by atoms with van der Waals surface area (Å²) in [6, 6.07) is 12.1. The highest BCUT2D eigenvalue weighted by Gasteiger charge is 2.19. The predicted molar refractivity (Wildman–Crippen MR) is 105 cm³/mol. The van der Waals surface area contributed by atoms with Gasteiger partial charge in [-0.1, -0.05) is 36.7 Å². The van der Waals surface area contributed by atoms with Gasteiger partial charge in [0, 0.05) is 43.3 Å². The van der Waals surface area contributed by atoms with Gasteiger partial charge in [-0.3, -0.25) is 14.6 Å². The van der Waals surface area contributed by atoms with Crippen molar-refractivity contribution in [3.05, 3.63) is 51.2 Å². The number of halogens is 1. The standard InChI is InChI=1S/C19H24ClN3OS/c1-2-15-5-3-4-6-17(15)21-19(24)14-23-11-9-22(10-12-23)13-16-7-8-18(20)25-16/h3-8H,2,9-14H2,1H3,(H,21,24). The fourth-order valence-electron chi connectivity index (χ4n) is 3.11. The van der Waals surface area contributed by atoms with Crippen LogP contribution in [-0.2, 0) is 17.8 Å². The van der Waals surface area contributed by atoms with Gasteiger partial charge in [-0.2, -0.15) is 0 Å². The lowest BCUT2D eigenvalue weighted by atomic mass is 10.1. The van der Waals surface area contributed by atoms with E-state index in [2.05, 4.69) is 34.2 Å².